The van der Waals surface area contributed by atoms with E-state index < -0.39 is 11.7 Å². The number of carbonyl (C=O) groups is 2. The summed E-state index contributed by atoms with van der Waals surface area (Å²) < 4.78 is 5.29. The Labute approximate surface area is 136 Å². The number of rotatable bonds is 2. The number of amides is 2. The van der Waals surface area contributed by atoms with Crippen LogP contribution in [0, 0.1) is 0 Å². The molecule has 1 aromatic rings. The van der Waals surface area contributed by atoms with Gasteiger partial charge in [-0.05, 0) is 70.2 Å². The summed E-state index contributed by atoms with van der Waals surface area (Å²) in [6.07, 6.45) is 3.56. The first-order valence-electron chi connectivity index (χ1n) is 8.28. The van der Waals surface area contributed by atoms with E-state index in [-0.39, 0.29) is 11.3 Å². The largest absolute Gasteiger partial charge is 0.444 e. The van der Waals surface area contributed by atoms with Crippen molar-refractivity contribution in [3.05, 3.63) is 23.8 Å². The molecule has 0 aromatic heterocycles. The van der Waals surface area contributed by atoms with Gasteiger partial charge in [-0.3, -0.25) is 10.1 Å². The molecule has 1 aromatic carbocycles. The number of hydrogen-bond donors (Lipinski definition) is 1. The number of nitrogens with zero attached hydrogens (tertiary/aromatic N) is 1. The minimum absolute atomic E-state index is 0.254. The summed E-state index contributed by atoms with van der Waals surface area (Å²) in [5.41, 5.74) is 1.95. The Bertz CT molecular complexity index is 697. The summed E-state index contributed by atoms with van der Waals surface area (Å²) in [6.45, 7) is 5.50. The van der Waals surface area contributed by atoms with Crippen molar-refractivity contribution in [3.63, 3.8) is 0 Å². The molecule has 1 N–H and O–H groups in total. The summed E-state index contributed by atoms with van der Waals surface area (Å²) >= 11 is 0. The molecule has 0 radical (unpaired) electrons. The van der Waals surface area contributed by atoms with Crippen LogP contribution in [0.15, 0.2) is 18.2 Å². The molecule has 5 nitrogen and oxygen atoms in total. The summed E-state index contributed by atoms with van der Waals surface area (Å²) in [5, 5.41) is 2.78. The maximum atomic E-state index is 12.8. The third-order valence-electron chi connectivity index (χ3n) is 4.71. The molecule has 5 heteroatoms. The average molecular weight is 314 g/mol. The lowest BCUT2D eigenvalue weighted by Gasteiger charge is -2.20. The monoisotopic (exact) mass is 314 g/mol. The Balaban J connectivity index is 1.61. The Morgan fingerprint density at radius 1 is 1.30 bits per heavy atom. The smallest absolute Gasteiger partial charge is 0.412 e. The molecular formula is C18H22N2O3. The zero-order valence-electron chi connectivity index (χ0n) is 13.8. The van der Waals surface area contributed by atoms with Crippen molar-refractivity contribution in [2.24, 2.45) is 0 Å². The lowest BCUT2D eigenvalue weighted by molar-refractivity contribution is -0.120. The Morgan fingerprint density at radius 3 is 2.57 bits per heavy atom. The van der Waals surface area contributed by atoms with E-state index in [2.05, 4.69) is 5.32 Å². The highest BCUT2D eigenvalue weighted by Gasteiger charge is 2.61. The van der Waals surface area contributed by atoms with Crippen LogP contribution in [-0.2, 0) is 14.9 Å². The number of nitrogens with one attached hydrogen (secondary N) is 1. The topological polar surface area (TPSA) is 58.6 Å². The zero-order chi connectivity index (χ0) is 16.4. The van der Waals surface area contributed by atoms with Crippen LogP contribution < -0.4 is 10.2 Å². The Hall–Kier alpha value is -2.04. The van der Waals surface area contributed by atoms with E-state index in [1.807, 2.05) is 43.9 Å². The maximum Gasteiger partial charge on any atom is 0.412 e. The molecule has 1 heterocycles. The number of anilines is 2. The zero-order valence-corrected chi connectivity index (χ0v) is 13.8. The molecule has 0 unspecified atom stereocenters. The third kappa shape index (κ3) is 2.38. The van der Waals surface area contributed by atoms with E-state index in [1.54, 1.807) is 0 Å². The van der Waals surface area contributed by atoms with Gasteiger partial charge in [0, 0.05) is 17.4 Å². The molecule has 0 saturated heterocycles. The van der Waals surface area contributed by atoms with Gasteiger partial charge in [0.05, 0.1) is 5.41 Å². The minimum atomic E-state index is -0.530. The SMILES string of the molecule is CC(C)(C)OC(=O)Nc1ccc2c(c1)C1(CC1)C(=O)N2C1CC1. The first-order chi connectivity index (χ1) is 10.8. The predicted molar refractivity (Wildman–Crippen MR) is 87.7 cm³/mol. The van der Waals surface area contributed by atoms with Gasteiger partial charge in [0.15, 0.2) is 0 Å². The fraction of sp³-hybridized carbons (Fsp3) is 0.556. The van der Waals surface area contributed by atoms with Crippen LogP contribution in [0.3, 0.4) is 0 Å². The number of benzene rings is 1. The molecule has 1 spiro atoms. The standard InChI is InChI=1S/C18H22N2O3/c1-17(2,3)23-16(22)19-11-4-7-14-13(10-11)18(8-9-18)15(21)20(14)12-5-6-12/h4,7,10,12H,5-6,8-9H2,1-3H3,(H,19,22). The number of hydrogen-bond acceptors (Lipinski definition) is 3. The van der Waals surface area contributed by atoms with Crippen molar-refractivity contribution in [1.82, 2.24) is 0 Å². The fourth-order valence-electron chi connectivity index (χ4n) is 3.39. The van der Waals surface area contributed by atoms with Crippen molar-refractivity contribution in [1.29, 1.82) is 0 Å². The maximum absolute atomic E-state index is 12.8. The van der Waals surface area contributed by atoms with E-state index in [0.717, 1.165) is 36.9 Å². The molecule has 0 bridgehead atoms. The van der Waals surface area contributed by atoms with E-state index in [0.29, 0.717) is 11.7 Å². The van der Waals surface area contributed by atoms with Crippen LogP contribution in [0.2, 0.25) is 0 Å². The van der Waals surface area contributed by atoms with Crippen molar-refractivity contribution in [2.75, 3.05) is 10.2 Å². The molecule has 2 amide bonds. The molecule has 4 rings (SSSR count). The molecule has 0 atom stereocenters. The van der Waals surface area contributed by atoms with E-state index in [4.69, 9.17) is 4.74 Å². The lowest BCUT2D eigenvalue weighted by Crippen LogP contribution is -2.33. The Morgan fingerprint density at radius 2 is 2.00 bits per heavy atom. The van der Waals surface area contributed by atoms with Crippen LogP contribution in [-0.4, -0.2) is 23.6 Å². The molecule has 2 saturated carbocycles. The number of ether oxygens (including phenoxy) is 1. The van der Waals surface area contributed by atoms with Crippen molar-refractivity contribution in [2.45, 2.75) is 63.5 Å². The van der Waals surface area contributed by atoms with E-state index in [1.165, 1.54) is 0 Å². The van der Waals surface area contributed by atoms with Crippen LogP contribution in [0.4, 0.5) is 16.2 Å². The second-order valence-electron chi connectivity index (χ2n) is 7.85. The molecule has 122 valence electrons. The van der Waals surface area contributed by atoms with E-state index in [9.17, 15) is 9.59 Å². The summed E-state index contributed by atoms with van der Waals surface area (Å²) in [6, 6.07) is 6.15. The van der Waals surface area contributed by atoms with Crippen molar-refractivity contribution >= 4 is 23.4 Å². The normalized spacial score (nSPS) is 21.3. The van der Waals surface area contributed by atoms with Gasteiger partial charge in [-0.25, -0.2) is 4.79 Å². The van der Waals surface area contributed by atoms with Crippen LogP contribution in [0.5, 0.6) is 0 Å². The van der Waals surface area contributed by atoms with Gasteiger partial charge >= 0.3 is 6.09 Å². The van der Waals surface area contributed by atoms with Crippen LogP contribution in [0.1, 0.15) is 52.0 Å². The summed E-state index contributed by atoms with van der Waals surface area (Å²) in [5.74, 6) is 0.254. The molecule has 2 aliphatic carbocycles. The van der Waals surface area contributed by atoms with Crippen molar-refractivity contribution < 1.29 is 14.3 Å². The first-order valence-corrected chi connectivity index (χ1v) is 8.28. The highest BCUT2D eigenvalue weighted by molar-refractivity contribution is 6.11. The van der Waals surface area contributed by atoms with Crippen LogP contribution in [0.25, 0.3) is 0 Å². The van der Waals surface area contributed by atoms with Gasteiger partial charge in [-0.2, -0.15) is 0 Å². The van der Waals surface area contributed by atoms with Crippen molar-refractivity contribution in [3.8, 4) is 0 Å². The highest BCUT2D eigenvalue weighted by atomic mass is 16.6. The van der Waals surface area contributed by atoms with Gasteiger partial charge in [0.25, 0.3) is 0 Å². The fourth-order valence-corrected chi connectivity index (χ4v) is 3.39. The second-order valence-corrected chi connectivity index (χ2v) is 7.85. The number of fused-ring (bicyclic) bond motifs is 2. The quantitative estimate of drug-likeness (QED) is 0.908. The first kappa shape index (κ1) is 14.5. The van der Waals surface area contributed by atoms with Crippen LogP contribution >= 0.6 is 0 Å². The second kappa shape index (κ2) is 4.49. The molecular weight excluding hydrogens is 292 g/mol. The van der Waals surface area contributed by atoms with Gasteiger partial charge in [-0.15, -0.1) is 0 Å². The predicted octanol–water partition coefficient (Wildman–Crippen LogP) is 3.57. The van der Waals surface area contributed by atoms with Gasteiger partial charge in [0.1, 0.15) is 5.60 Å². The third-order valence-corrected chi connectivity index (χ3v) is 4.71. The summed E-state index contributed by atoms with van der Waals surface area (Å²) in [4.78, 5) is 26.7. The molecule has 1 aliphatic heterocycles. The van der Waals surface area contributed by atoms with Gasteiger partial charge in [-0.1, -0.05) is 0 Å². The molecule has 2 fully saturated rings. The average Bonchev–Trinajstić information content (AvgIpc) is 3.32. The minimum Gasteiger partial charge on any atom is -0.444 e. The highest BCUT2D eigenvalue weighted by Crippen LogP contribution is 2.59. The summed E-state index contributed by atoms with van der Waals surface area (Å²) in [7, 11) is 0. The molecule has 23 heavy (non-hydrogen) atoms. The van der Waals surface area contributed by atoms with Gasteiger partial charge in [0.2, 0.25) is 5.91 Å². The number of carbonyl (C=O) groups excluding carboxylic acids is 2. The lowest BCUT2D eigenvalue weighted by atomic mass is 9.97. The molecule has 3 aliphatic rings. The van der Waals surface area contributed by atoms with E-state index >= 15 is 0 Å². The van der Waals surface area contributed by atoms with Gasteiger partial charge < -0.3 is 9.64 Å². The Kier molecular flexibility index (Phi) is 2.84.